The number of rotatable bonds is 10. The van der Waals surface area contributed by atoms with Gasteiger partial charge in [0.2, 0.25) is 6.20 Å². The molecule has 0 bridgehead atoms. The monoisotopic (exact) mass is 397 g/mol. The van der Waals surface area contributed by atoms with Crippen LogP contribution in [0.2, 0.25) is 5.15 Å². The molecule has 0 fully saturated rings. The number of pyridine rings is 1. The third-order valence-electron chi connectivity index (χ3n) is 3.03. The second-order valence-corrected chi connectivity index (χ2v) is 5.46. The quantitative estimate of drug-likeness (QED) is 0.197. The van der Waals surface area contributed by atoms with Crippen molar-refractivity contribution in [1.82, 2.24) is 0 Å². The molecule has 0 radical (unpaired) electrons. The van der Waals surface area contributed by atoms with E-state index in [-0.39, 0.29) is 30.5 Å². The molecule has 0 aliphatic carbocycles. The summed E-state index contributed by atoms with van der Waals surface area (Å²) in [7, 11) is 1.19. The molecule has 0 saturated carbocycles. The van der Waals surface area contributed by atoms with Gasteiger partial charge in [-0.1, -0.05) is 31.4 Å². The Morgan fingerprint density at radius 2 is 2.11 bits per heavy atom. The number of aromatic nitrogens is 1. The number of carbonyl (C=O) groups excluding carboxylic acids is 2. The van der Waals surface area contributed by atoms with E-state index in [0.717, 1.165) is 6.20 Å². The van der Waals surface area contributed by atoms with Crippen LogP contribution in [0.25, 0.3) is 0 Å². The van der Waals surface area contributed by atoms with Crippen LogP contribution < -0.4 is 9.47 Å². The summed E-state index contributed by atoms with van der Waals surface area (Å²) >= 11 is 5.62. The molecule has 27 heavy (non-hydrogen) atoms. The Bertz CT molecular complexity index is 718. The van der Waals surface area contributed by atoms with Gasteiger partial charge in [-0.25, -0.2) is 9.59 Å². The summed E-state index contributed by atoms with van der Waals surface area (Å²) in [5, 5.41) is 11.4. The number of nitrogens with zero attached hydrogens (tertiary/aromatic N) is 1. The van der Waals surface area contributed by atoms with Gasteiger partial charge in [0, 0.05) is 12.5 Å². The molecular weight excluding hydrogens is 378 g/mol. The Balaban J connectivity index is 2.50. The molecule has 0 amide bonds. The van der Waals surface area contributed by atoms with Crippen molar-refractivity contribution in [3.63, 3.8) is 0 Å². The lowest BCUT2D eigenvalue weighted by Crippen LogP contribution is -2.32. The van der Waals surface area contributed by atoms with Gasteiger partial charge in [-0.3, -0.25) is 0 Å². The van der Waals surface area contributed by atoms with E-state index in [1.54, 1.807) is 18.2 Å². The van der Waals surface area contributed by atoms with Gasteiger partial charge in [0.25, 0.3) is 5.15 Å². The summed E-state index contributed by atoms with van der Waals surface area (Å²) in [6.45, 7) is 6.98. The molecule has 0 spiro atoms. The van der Waals surface area contributed by atoms with Crippen LogP contribution in [0.1, 0.15) is 6.42 Å². The molecule has 1 aromatic rings. The highest BCUT2D eigenvalue weighted by atomic mass is 35.5. The zero-order valence-electron chi connectivity index (χ0n) is 14.8. The van der Waals surface area contributed by atoms with E-state index in [1.165, 1.54) is 19.2 Å². The number of esters is 1. The molecule has 1 heterocycles. The summed E-state index contributed by atoms with van der Waals surface area (Å²) in [5.41, 5.74) is 0.552. The summed E-state index contributed by atoms with van der Waals surface area (Å²) < 4.78 is 20.2. The van der Waals surface area contributed by atoms with Crippen LogP contribution in [-0.2, 0) is 19.0 Å². The fourth-order valence-electron chi connectivity index (χ4n) is 1.73. The molecule has 1 unspecified atom stereocenters. The number of ether oxygens (including phenoxy) is 4. The maximum Gasteiger partial charge on any atom is 0.508 e. The molecule has 0 aromatic carbocycles. The van der Waals surface area contributed by atoms with Crippen molar-refractivity contribution >= 4 is 23.7 Å². The molecule has 8 nitrogen and oxygen atoms in total. The fourth-order valence-corrected chi connectivity index (χ4v) is 1.84. The Morgan fingerprint density at radius 3 is 2.74 bits per heavy atom. The van der Waals surface area contributed by atoms with E-state index in [4.69, 9.17) is 25.8 Å². The Morgan fingerprint density at radius 1 is 1.37 bits per heavy atom. The van der Waals surface area contributed by atoms with Crippen molar-refractivity contribution in [3.05, 3.63) is 65.6 Å². The topological polar surface area (TPSA) is 98.0 Å². The number of hydrogen-bond acceptors (Lipinski definition) is 7. The van der Waals surface area contributed by atoms with Crippen LogP contribution in [0.4, 0.5) is 4.79 Å². The normalized spacial score (nSPS) is 11.5. The van der Waals surface area contributed by atoms with Crippen molar-refractivity contribution < 1.29 is 33.3 Å². The van der Waals surface area contributed by atoms with Crippen molar-refractivity contribution in [3.8, 4) is 5.75 Å². The fraction of sp³-hybridized carbons (Fsp3) is 0.278. The second-order valence-electron chi connectivity index (χ2n) is 5.07. The van der Waals surface area contributed by atoms with Crippen LogP contribution in [0.5, 0.6) is 5.75 Å². The average Bonchev–Trinajstić information content (AvgIpc) is 2.66. The predicted octanol–water partition coefficient (Wildman–Crippen LogP) is 2.74. The number of carbonyl (C=O) groups is 2. The van der Waals surface area contributed by atoms with Crippen LogP contribution in [0.15, 0.2) is 55.3 Å². The van der Waals surface area contributed by atoms with E-state index in [2.05, 4.69) is 17.9 Å². The Labute approximate surface area is 161 Å². The Kier molecular flexibility index (Phi) is 9.46. The standard InChI is InChI=1S/C18H20ClNO7/c1-4-5-6-13(2)12-26-18(22)25-10-9-15(17(21)24-3)27-14-7-8-16(19)20(23)11-14/h4-8,11,15H,1-2,9-10,12H2,3H3. The Hall–Kier alpha value is -3.00. The maximum atomic E-state index is 11.8. The summed E-state index contributed by atoms with van der Waals surface area (Å²) in [5.74, 6) is -0.583. The number of hydrogen-bond donors (Lipinski definition) is 0. The third kappa shape index (κ3) is 8.28. The minimum atomic E-state index is -1.09. The van der Waals surface area contributed by atoms with E-state index in [0.29, 0.717) is 10.3 Å². The van der Waals surface area contributed by atoms with Crippen LogP contribution in [-0.4, -0.2) is 38.6 Å². The highest BCUT2D eigenvalue weighted by Crippen LogP contribution is 2.14. The van der Waals surface area contributed by atoms with Crippen LogP contribution in [0.3, 0.4) is 0 Å². The lowest BCUT2D eigenvalue weighted by Gasteiger charge is -2.16. The number of allylic oxidation sites excluding steroid dienone is 2. The number of halogens is 1. The van der Waals surface area contributed by atoms with Crippen molar-refractivity contribution in [1.29, 1.82) is 0 Å². The van der Waals surface area contributed by atoms with Gasteiger partial charge in [-0.05, 0) is 23.2 Å². The zero-order chi connectivity index (χ0) is 20.2. The molecule has 1 atom stereocenters. The average molecular weight is 398 g/mol. The van der Waals surface area contributed by atoms with E-state index in [1.807, 2.05) is 0 Å². The van der Waals surface area contributed by atoms with Gasteiger partial charge >= 0.3 is 12.1 Å². The smallest absolute Gasteiger partial charge is 0.508 e. The van der Waals surface area contributed by atoms with Crippen molar-refractivity contribution in [2.45, 2.75) is 12.5 Å². The molecule has 0 aliphatic heterocycles. The second kappa shape index (κ2) is 11.6. The van der Waals surface area contributed by atoms with E-state index in [9.17, 15) is 14.8 Å². The van der Waals surface area contributed by atoms with Gasteiger partial charge in [0.1, 0.15) is 6.61 Å². The van der Waals surface area contributed by atoms with Crippen LogP contribution >= 0.6 is 11.6 Å². The molecule has 146 valence electrons. The zero-order valence-corrected chi connectivity index (χ0v) is 15.5. The minimum Gasteiger partial charge on any atom is -0.618 e. The first kappa shape index (κ1) is 22.0. The summed E-state index contributed by atoms with van der Waals surface area (Å²) in [6, 6.07) is 2.74. The molecule has 9 heteroatoms. The maximum absolute atomic E-state index is 11.8. The largest absolute Gasteiger partial charge is 0.618 e. The SMILES string of the molecule is C=CC=CC(=C)COC(=O)OCCC(Oc1ccc(Cl)[n+]([O-])c1)C(=O)OC. The molecule has 1 aromatic heterocycles. The number of methoxy groups -OCH3 is 1. The minimum absolute atomic E-state index is 0.0133. The first-order chi connectivity index (χ1) is 12.9. The van der Waals surface area contributed by atoms with Gasteiger partial charge in [0.05, 0.1) is 13.7 Å². The van der Waals surface area contributed by atoms with E-state index < -0.39 is 18.2 Å². The summed E-state index contributed by atoms with van der Waals surface area (Å²) in [4.78, 5) is 23.3. The molecule has 0 aliphatic rings. The van der Waals surface area contributed by atoms with Gasteiger partial charge in [0.15, 0.2) is 11.9 Å². The van der Waals surface area contributed by atoms with Gasteiger partial charge < -0.3 is 24.2 Å². The predicted molar refractivity (Wildman–Crippen MR) is 97.2 cm³/mol. The van der Waals surface area contributed by atoms with Crippen LogP contribution in [0, 0.1) is 5.21 Å². The van der Waals surface area contributed by atoms with Gasteiger partial charge in [-0.2, -0.15) is 4.73 Å². The van der Waals surface area contributed by atoms with Crippen molar-refractivity contribution in [2.24, 2.45) is 0 Å². The lowest BCUT2D eigenvalue weighted by molar-refractivity contribution is -0.603. The lowest BCUT2D eigenvalue weighted by atomic mass is 10.2. The summed E-state index contributed by atoms with van der Waals surface area (Å²) in [6.07, 6.45) is 3.89. The molecule has 0 saturated heterocycles. The molecule has 1 rings (SSSR count). The first-order valence-electron chi connectivity index (χ1n) is 7.77. The first-order valence-corrected chi connectivity index (χ1v) is 8.14. The highest BCUT2D eigenvalue weighted by Gasteiger charge is 2.23. The van der Waals surface area contributed by atoms with Gasteiger partial charge in [-0.15, -0.1) is 0 Å². The van der Waals surface area contributed by atoms with E-state index >= 15 is 0 Å². The third-order valence-corrected chi connectivity index (χ3v) is 3.32. The highest BCUT2D eigenvalue weighted by molar-refractivity contribution is 6.28. The van der Waals surface area contributed by atoms with Crippen molar-refractivity contribution in [2.75, 3.05) is 20.3 Å². The molecular formula is C18H20ClNO7. The molecule has 0 N–H and O–H groups in total.